The smallest absolute Gasteiger partial charge is 0.246 e. The van der Waals surface area contributed by atoms with Crippen LogP contribution in [0, 0.1) is 0 Å². The molecular formula is C27H31ClN4O2. The van der Waals surface area contributed by atoms with Crippen molar-refractivity contribution in [3.05, 3.63) is 77.0 Å². The number of benzene rings is 2. The van der Waals surface area contributed by atoms with E-state index in [2.05, 4.69) is 53.6 Å². The van der Waals surface area contributed by atoms with Crippen molar-refractivity contribution in [1.82, 2.24) is 14.8 Å². The van der Waals surface area contributed by atoms with Gasteiger partial charge in [-0.1, -0.05) is 49.7 Å². The van der Waals surface area contributed by atoms with Gasteiger partial charge in [0.25, 0.3) is 0 Å². The number of carbonyl (C=O) groups excluding carboxylic acids is 2. The quantitative estimate of drug-likeness (QED) is 0.523. The lowest BCUT2D eigenvalue weighted by Crippen LogP contribution is -2.26. The normalized spacial score (nSPS) is 13.8. The lowest BCUT2D eigenvalue weighted by Gasteiger charge is -2.19. The number of amides is 2. The summed E-state index contributed by atoms with van der Waals surface area (Å²) in [6, 6.07) is 14.7. The highest BCUT2D eigenvalue weighted by molar-refractivity contribution is 5.94. The zero-order valence-corrected chi connectivity index (χ0v) is 20.7. The second-order valence-corrected chi connectivity index (χ2v) is 8.70. The van der Waals surface area contributed by atoms with Crippen LogP contribution in [0.2, 0.25) is 0 Å². The fraction of sp³-hybridized carbons (Fsp3) is 0.296. The molecule has 34 heavy (non-hydrogen) atoms. The molecule has 2 heterocycles. The Balaban J connectivity index is 0.00000324. The van der Waals surface area contributed by atoms with Crippen molar-refractivity contribution in [2.24, 2.45) is 0 Å². The number of anilines is 1. The van der Waals surface area contributed by atoms with Crippen LogP contribution < -0.4 is 5.32 Å². The number of hydrogen-bond donors (Lipinski definition) is 1. The summed E-state index contributed by atoms with van der Waals surface area (Å²) in [5.41, 5.74) is 4.27. The van der Waals surface area contributed by atoms with Crippen LogP contribution in [0.5, 0.6) is 0 Å². The zero-order valence-electron chi connectivity index (χ0n) is 19.9. The van der Waals surface area contributed by atoms with E-state index in [0.29, 0.717) is 25.5 Å². The summed E-state index contributed by atoms with van der Waals surface area (Å²) in [5, 5.41) is 5.33. The zero-order chi connectivity index (χ0) is 23.4. The summed E-state index contributed by atoms with van der Waals surface area (Å²) in [4.78, 5) is 32.8. The van der Waals surface area contributed by atoms with Gasteiger partial charge < -0.3 is 10.2 Å². The van der Waals surface area contributed by atoms with Crippen LogP contribution in [0.15, 0.2) is 54.7 Å². The molecule has 1 N–H and O–H groups in total. The van der Waals surface area contributed by atoms with Crippen LogP contribution in [0.25, 0.3) is 16.8 Å². The maximum absolute atomic E-state index is 12.8. The average molecular weight is 479 g/mol. The first-order valence-corrected chi connectivity index (χ1v) is 11.3. The molecule has 2 amide bonds. The van der Waals surface area contributed by atoms with E-state index in [9.17, 15) is 9.59 Å². The molecule has 0 radical (unpaired) electrons. The number of aromatic nitrogens is 1. The van der Waals surface area contributed by atoms with E-state index in [1.807, 2.05) is 25.1 Å². The van der Waals surface area contributed by atoms with Gasteiger partial charge in [0.1, 0.15) is 5.82 Å². The molecule has 0 saturated heterocycles. The molecule has 0 spiro atoms. The van der Waals surface area contributed by atoms with Gasteiger partial charge in [-0.2, -0.15) is 0 Å². The van der Waals surface area contributed by atoms with Crippen LogP contribution in [-0.4, -0.2) is 47.2 Å². The predicted molar refractivity (Wildman–Crippen MR) is 140 cm³/mol. The van der Waals surface area contributed by atoms with Crippen LogP contribution in [-0.2, 0) is 29.1 Å². The first-order valence-electron chi connectivity index (χ1n) is 11.3. The van der Waals surface area contributed by atoms with E-state index in [4.69, 9.17) is 0 Å². The topological polar surface area (TPSA) is 65.5 Å². The van der Waals surface area contributed by atoms with Crippen molar-refractivity contribution in [1.29, 1.82) is 0 Å². The number of halogens is 1. The average Bonchev–Trinajstić information content (AvgIpc) is 2.94. The van der Waals surface area contributed by atoms with Gasteiger partial charge in [-0.15, -0.1) is 12.4 Å². The molecule has 1 aliphatic heterocycles. The molecule has 2 aromatic carbocycles. The number of hydrogen-bond acceptors (Lipinski definition) is 4. The number of likely N-dealkylation sites (N-methyl/N-ethyl adjacent to an activating group) is 2. The summed E-state index contributed by atoms with van der Waals surface area (Å²) < 4.78 is 0. The summed E-state index contributed by atoms with van der Waals surface area (Å²) in [7, 11) is 3.73. The molecule has 1 aliphatic rings. The highest BCUT2D eigenvalue weighted by atomic mass is 35.5. The standard InChI is InChI=1S/C27H30N4O2.ClH/c1-4-7-23-21(12-11-20-8-5-6-9-24(20)23)17-31(3)26(33)13-10-19-14-22-16-30(2)18-25(32)29-27(22)28-15-19;/h5-6,8-15H,4,7,16-18H2,1-3H3,(H,28,29,32);1H. The van der Waals surface area contributed by atoms with Gasteiger partial charge in [-0.3, -0.25) is 14.5 Å². The van der Waals surface area contributed by atoms with Gasteiger partial charge in [0.2, 0.25) is 11.8 Å². The molecule has 1 aromatic heterocycles. The molecule has 0 aliphatic carbocycles. The van der Waals surface area contributed by atoms with Gasteiger partial charge in [-0.05, 0) is 53.1 Å². The summed E-state index contributed by atoms with van der Waals surface area (Å²) in [6.45, 7) is 3.70. The SMILES string of the molecule is CCCc1c(CN(C)C(=O)C=Cc2cnc3c(c2)CN(C)CC(=O)N3)ccc2ccccc12.Cl. The fourth-order valence-corrected chi connectivity index (χ4v) is 4.32. The Labute approximate surface area is 207 Å². The largest absolute Gasteiger partial charge is 0.338 e. The number of pyridine rings is 1. The van der Waals surface area contributed by atoms with Crippen LogP contribution in [0.3, 0.4) is 0 Å². The Hall–Kier alpha value is -3.22. The Morgan fingerprint density at radius 3 is 2.79 bits per heavy atom. The maximum atomic E-state index is 12.8. The Morgan fingerprint density at radius 2 is 2.00 bits per heavy atom. The van der Waals surface area contributed by atoms with Crippen LogP contribution >= 0.6 is 12.4 Å². The molecule has 0 atom stereocenters. The predicted octanol–water partition coefficient (Wildman–Crippen LogP) is 4.66. The third-order valence-electron chi connectivity index (χ3n) is 5.94. The van der Waals surface area contributed by atoms with Crippen LogP contribution in [0.4, 0.5) is 5.82 Å². The van der Waals surface area contributed by atoms with Crippen LogP contribution in [0.1, 0.15) is 35.6 Å². The fourth-order valence-electron chi connectivity index (χ4n) is 4.32. The molecule has 7 heteroatoms. The van der Waals surface area contributed by atoms with Gasteiger partial charge in [0, 0.05) is 38.0 Å². The highest BCUT2D eigenvalue weighted by Gasteiger charge is 2.17. The minimum absolute atomic E-state index is 0. The number of aryl methyl sites for hydroxylation is 1. The van der Waals surface area contributed by atoms with Crippen molar-refractivity contribution in [3.63, 3.8) is 0 Å². The Morgan fingerprint density at radius 1 is 1.21 bits per heavy atom. The van der Waals surface area contributed by atoms with Gasteiger partial charge >= 0.3 is 0 Å². The molecule has 0 unspecified atom stereocenters. The number of carbonyl (C=O) groups is 2. The van der Waals surface area contributed by atoms with E-state index in [0.717, 1.165) is 24.0 Å². The second-order valence-electron chi connectivity index (χ2n) is 8.70. The molecular weight excluding hydrogens is 448 g/mol. The Kier molecular flexibility index (Phi) is 8.42. The van der Waals surface area contributed by atoms with E-state index in [1.54, 1.807) is 23.2 Å². The molecule has 0 saturated carbocycles. The van der Waals surface area contributed by atoms with Crippen molar-refractivity contribution in [3.8, 4) is 0 Å². The Bertz CT molecular complexity index is 1220. The van der Waals surface area contributed by atoms with E-state index in [-0.39, 0.29) is 24.2 Å². The summed E-state index contributed by atoms with van der Waals surface area (Å²) in [6.07, 6.45) is 7.09. The third-order valence-corrected chi connectivity index (χ3v) is 5.94. The van der Waals surface area contributed by atoms with E-state index in [1.165, 1.54) is 21.9 Å². The van der Waals surface area contributed by atoms with E-state index >= 15 is 0 Å². The van der Waals surface area contributed by atoms with E-state index < -0.39 is 0 Å². The number of fused-ring (bicyclic) bond motifs is 2. The highest BCUT2D eigenvalue weighted by Crippen LogP contribution is 2.25. The number of rotatable bonds is 6. The summed E-state index contributed by atoms with van der Waals surface area (Å²) in [5.74, 6) is 0.454. The second kappa shape index (κ2) is 11.3. The minimum Gasteiger partial charge on any atom is -0.338 e. The molecule has 0 fully saturated rings. The third kappa shape index (κ3) is 5.82. The molecule has 3 aromatic rings. The monoisotopic (exact) mass is 478 g/mol. The maximum Gasteiger partial charge on any atom is 0.246 e. The van der Waals surface area contributed by atoms with Crippen molar-refractivity contribution >= 4 is 46.9 Å². The lowest BCUT2D eigenvalue weighted by atomic mass is 9.95. The number of nitrogens with zero attached hydrogens (tertiary/aromatic N) is 3. The first-order chi connectivity index (χ1) is 15.9. The van der Waals surface area contributed by atoms with Gasteiger partial charge in [0.15, 0.2) is 0 Å². The number of nitrogens with one attached hydrogen (secondary N) is 1. The molecule has 0 bridgehead atoms. The summed E-state index contributed by atoms with van der Waals surface area (Å²) >= 11 is 0. The first kappa shape index (κ1) is 25.4. The van der Waals surface area contributed by atoms with Crippen molar-refractivity contribution in [2.75, 3.05) is 26.0 Å². The van der Waals surface area contributed by atoms with Gasteiger partial charge in [0.05, 0.1) is 6.54 Å². The van der Waals surface area contributed by atoms with Gasteiger partial charge in [-0.25, -0.2) is 4.98 Å². The molecule has 6 nitrogen and oxygen atoms in total. The lowest BCUT2D eigenvalue weighted by molar-refractivity contribution is -0.125. The minimum atomic E-state index is -0.0695. The van der Waals surface area contributed by atoms with Crippen molar-refractivity contribution in [2.45, 2.75) is 32.9 Å². The molecule has 178 valence electrons. The van der Waals surface area contributed by atoms with Crippen molar-refractivity contribution < 1.29 is 9.59 Å². The molecule has 4 rings (SSSR count).